The number of carbonyl (C=O) groups excluding carboxylic acids is 1. The molecule has 3 rings (SSSR count). The highest BCUT2D eigenvalue weighted by atomic mass is 32.2. The van der Waals surface area contributed by atoms with Crippen LogP contribution in [0.15, 0.2) is 40.1 Å². The van der Waals surface area contributed by atoms with Gasteiger partial charge in [-0.1, -0.05) is 11.8 Å². The van der Waals surface area contributed by atoms with Crippen LogP contribution < -0.4 is 0 Å². The standard InChI is InChI=1S/C17H15F2N3O2S/c1-3-22-16(12-6-7-24-10(12)2)20-21-17(22)25-9-15(23)11-4-5-13(18)14(19)8-11/h4-8H,3,9H2,1-2H3. The number of furan rings is 1. The van der Waals surface area contributed by atoms with Crippen molar-refractivity contribution in [3.63, 3.8) is 0 Å². The number of nitrogens with zero attached hydrogens (tertiary/aromatic N) is 3. The van der Waals surface area contributed by atoms with Gasteiger partial charge in [-0.2, -0.15) is 0 Å². The first-order valence-electron chi connectivity index (χ1n) is 7.60. The minimum Gasteiger partial charge on any atom is -0.469 e. The number of benzene rings is 1. The largest absolute Gasteiger partial charge is 0.469 e. The van der Waals surface area contributed by atoms with Gasteiger partial charge >= 0.3 is 0 Å². The summed E-state index contributed by atoms with van der Waals surface area (Å²) in [7, 11) is 0. The van der Waals surface area contributed by atoms with E-state index in [0.29, 0.717) is 17.5 Å². The minimum absolute atomic E-state index is 0.0492. The van der Waals surface area contributed by atoms with E-state index in [0.717, 1.165) is 23.5 Å². The van der Waals surface area contributed by atoms with Crippen LogP contribution in [-0.4, -0.2) is 26.3 Å². The van der Waals surface area contributed by atoms with E-state index in [1.165, 1.54) is 17.8 Å². The van der Waals surface area contributed by atoms with Crippen molar-refractivity contribution in [3.8, 4) is 11.4 Å². The van der Waals surface area contributed by atoms with Crippen molar-refractivity contribution in [1.29, 1.82) is 0 Å². The Bertz CT molecular complexity index is 921. The summed E-state index contributed by atoms with van der Waals surface area (Å²) < 4.78 is 33.4. The second-order valence-electron chi connectivity index (χ2n) is 5.28. The maximum atomic E-state index is 13.3. The van der Waals surface area contributed by atoms with Crippen molar-refractivity contribution in [3.05, 3.63) is 53.5 Å². The number of aromatic nitrogens is 3. The smallest absolute Gasteiger partial charge is 0.191 e. The summed E-state index contributed by atoms with van der Waals surface area (Å²) in [5.74, 6) is -0.878. The predicted molar refractivity (Wildman–Crippen MR) is 89.5 cm³/mol. The Hall–Kier alpha value is -2.48. The van der Waals surface area contributed by atoms with Gasteiger partial charge < -0.3 is 8.98 Å². The monoisotopic (exact) mass is 363 g/mol. The Morgan fingerprint density at radius 3 is 2.68 bits per heavy atom. The topological polar surface area (TPSA) is 60.9 Å². The molecule has 3 aromatic rings. The summed E-state index contributed by atoms with van der Waals surface area (Å²) in [4.78, 5) is 12.2. The zero-order valence-corrected chi connectivity index (χ0v) is 14.4. The number of ketones is 1. The van der Waals surface area contributed by atoms with E-state index in [-0.39, 0.29) is 17.1 Å². The van der Waals surface area contributed by atoms with Crippen LogP contribution in [0.4, 0.5) is 8.78 Å². The van der Waals surface area contributed by atoms with Gasteiger partial charge in [0, 0.05) is 12.1 Å². The summed E-state index contributed by atoms with van der Waals surface area (Å²) >= 11 is 1.20. The molecular formula is C17H15F2N3O2S. The van der Waals surface area contributed by atoms with Crippen molar-refractivity contribution in [2.24, 2.45) is 0 Å². The quantitative estimate of drug-likeness (QED) is 0.487. The van der Waals surface area contributed by atoms with Crippen molar-refractivity contribution >= 4 is 17.5 Å². The van der Waals surface area contributed by atoms with E-state index in [1.54, 1.807) is 6.26 Å². The third-order valence-electron chi connectivity index (χ3n) is 3.71. The Kier molecular flexibility index (Phi) is 4.98. The van der Waals surface area contributed by atoms with Crippen molar-refractivity contribution in [2.45, 2.75) is 25.5 Å². The lowest BCUT2D eigenvalue weighted by Crippen LogP contribution is -2.06. The van der Waals surface area contributed by atoms with Gasteiger partial charge in [0.1, 0.15) is 5.76 Å². The molecule has 0 amide bonds. The summed E-state index contributed by atoms with van der Waals surface area (Å²) in [6.07, 6.45) is 1.58. The molecule has 0 unspecified atom stereocenters. The van der Waals surface area contributed by atoms with E-state index in [4.69, 9.17) is 4.42 Å². The van der Waals surface area contributed by atoms with Gasteiger partial charge in [-0.05, 0) is 38.1 Å². The summed E-state index contributed by atoms with van der Waals surface area (Å²) in [5.41, 5.74) is 0.966. The van der Waals surface area contributed by atoms with Crippen LogP contribution in [0.2, 0.25) is 0 Å². The first-order valence-corrected chi connectivity index (χ1v) is 8.58. The third kappa shape index (κ3) is 3.48. The number of carbonyl (C=O) groups is 1. The fourth-order valence-electron chi connectivity index (χ4n) is 2.38. The fourth-order valence-corrected chi connectivity index (χ4v) is 3.28. The normalized spacial score (nSPS) is 11.0. The lowest BCUT2D eigenvalue weighted by molar-refractivity contribution is 0.102. The van der Waals surface area contributed by atoms with Crippen LogP contribution in [0.1, 0.15) is 23.0 Å². The SMILES string of the molecule is CCn1c(SCC(=O)c2ccc(F)c(F)c2)nnc1-c1ccoc1C. The number of aryl methyl sites for hydroxylation is 1. The predicted octanol–water partition coefficient (Wildman–Crippen LogP) is 4.12. The Morgan fingerprint density at radius 1 is 1.24 bits per heavy atom. The molecule has 8 heteroatoms. The van der Waals surface area contributed by atoms with Crippen LogP contribution >= 0.6 is 11.8 Å². The molecule has 25 heavy (non-hydrogen) atoms. The fraction of sp³-hybridized carbons (Fsp3) is 0.235. The molecule has 0 radical (unpaired) electrons. The molecule has 0 N–H and O–H groups in total. The second-order valence-corrected chi connectivity index (χ2v) is 6.22. The average Bonchev–Trinajstić information content (AvgIpc) is 3.20. The zero-order chi connectivity index (χ0) is 18.0. The zero-order valence-electron chi connectivity index (χ0n) is 13.6. The van der Waals surface area contributed by atoms with Crippen LogP contribution in [0.25, 0.3) is 11.4 Å². The highest BCUT2D eigenvalue weighted by Gasteiger charge is 2.18. The highest BCUT2D eigenvalue weighted by Crippen LogP contribution is 2.27. The molecular weight excluding hydrogens is 348 g/mol. The van der Waals surface area contributed by atoms with E-state index in [1.807, 2.05) is 24.5 Å². The van der Waals surface area contributed by atoms with Crippen molar-refractivity contribution < 1.29 is 18.0 Å². The van der Waals surface area contributed by atoms with E-state index >= 15 is 0 Å². The number of thioether (sulfide) groups is 1. The van der Waals surface area contributed by atoms with Crippen LogP contribution in [0, 0.1) is 18.6 Å². The lowest BCUT2D eigenvalue weighted by atomic mass is 10.1. The molecule has 0 saturated heterocycles. The van der Waals surface area contributed by atoms with Crippen molar-refractivity contribution in [1.82, 2.24) is 14.8 Å². The molecule has 0 aliphatic heterocycles. The Morgan fingerprint density at radius 2 is 2.04 bits per heavy atom. The molecule has 0 saturated carbocycles. The maximum absolute atomic E-state index is 13.3. The number of rotatable bonds is 6. The van der Waals surface area contributed by atoms with E-state index < -0.39 is 11.6 Å². The first-order chi connectivity index (χ1) is 12.0. The molecule has 0 aliphatic rings. The van der Waals surface area contributed by atoms with Gasteiger partial charge in [-0.15, -0.1) is 10.2 Å². The summed E-state index contributed by atoms with van der Waals surface area (Å²) in [6, 6.07) is 4.93. The van der Waals surface area contributed by atoms with Gasteiger partial charge in [-0.3, -0.25) is 4.79 Å². The Balaban J connectivity index is 1.77. The molecule has 0 atom stereocenters. The summed E-state index contributed by atoms with van der Waals surface area (Å²) in [6.45, 7) is 4.40. The number of halogens is 2. The van der Waals surface area contributed by atoms with Gasteiger partial charge in [0.25, 0.3) is 0 Å². The molecule has 130 valence electrons. The number of Topliss-reactive ketones (excluding diaryl/α,β-unsaturated/α-hetero) is 1. The van der Waals surface area contributed by atoms with Gasteiger partial charge in [0.15, 0.2) is 28.4 Å². The molecule has 0 aliphatic carbocycles. The molecule has 0 bridgehead atoms. The van der Waals surface area contributed by atoms with Crippen LogP contribution in [0.3, 0.4) is 0 Å². The highest BCUT2D eigenvalue weighted by molar-refractivity contribution is 7.99. The van der Waals surface area contributed by atoms with E-state index in [9.17, 15) is 13.6 Å². The van der Waals surface area contributed by atoms with Gasteiger partial charge in [-0.25, -0.2) is 8.78 Å². The van der Waals surface area contributed by atoms with Gasteiger partial charge in [0.05, 0.1) is 17.6 Å². The Labute approximate surface area is 147 Å². The molecule has 5 nitrogen and oxygen atoms in total. The van der Waals surface area contributed by atoms with Crippen LogP contribution in [-0.2, 0) is 6.54 Å². The van der Waals surface area contributed by atoms with Gasteiger partial charge in [0.2, 0.25) is 0 Å². The number of hydrogen-bond acceptors (Lipinski definition) is 5. The average molecular weight is 363 g/mol. The molecule has 0 fully saturated rings. The molecule has 2 heterocycles. The maximum Gasteiger partial charge on any atom is 0.191 e. The van der Waals surface area contributed by atoms with Crippen LogP contribution in [0.5, 0.6) is 0 Å². The van der Waals surface area contributed by atoms with E-state index in [2.05, 4.69) is 10.2 Å². The molecule has 1 aromatic carbocycles. The number of hydrogen-bond donors (Lipinski definition) is 0. The second kappa shape index (κ2) is 7.18. The molecule has 0 spiro atoms. The minimum atomic E-state index is -1.04. The van der Waals surface area contributed by atoms with Crippen molar-refractivity contribution in [2.75, 3.05) is 5.75 Å². The summed E-state index contributed by atoms with van der Waals surface area (Å²) in [5, 5.41) is 8.89. The lowest BCUT2D eigenvalue weighted by Gasteiger charge is -2.06. The third-order valence-corrected chi connectivity index (χ3v) is 4.67. The molecule has 2 aromatic heterocycles. The first kappa shape index (κ1) is 17.3.